The van der Waals surface area contributed by atoms with E-state index in [9.17, 15) is 13.2 Å². The van der Waals surface area contributed by atoms with Crippen LogP contribution in [0.15, 0.2) is 39.7 Å². The molecule has 0 saturated heterocycles. The largest absolute Gasteiger partial charge is 0.490 e. The molecule has 0 bridgehead atoms. The number of benzene rings is 2. The predicted octanol–water partition coefficient (Wildman–Crippen LogP) is 4.07. The van der Waals surface area contributed by atoms with E-state index in [1.807, 2.05) is 38.1 Å². The second-order valence-electron chi connectivity index (χ2n) is 8.22. The molecule has 0 unspecified atom stereocenters. The molecule has 1 N–H and O–H groups in total. The standard InChI is InChI=1S/C24H29BrN2O5S/c1-3-31-21-8-5-16(13-22(21)32-4-2)9-11-26-33(29,30)23-15-20-18(14-19(23)25)10-12-27(20)24(28)17-6-7-17/h5,8,13-15,17,26H,3-4,6-7,9-12H2,1-2H3. The van der Waals surface area contributed by atoms with Crippen LogP contribution in [0.4, 0.5) is 5.69 Å². The maximum Gasteiger partial charge on any atom is 0.241 e. The van der Waals surface area contributed by atoms with Crippen LogP contribution in [0, 0.1) is 5.92 Å². The van der Waals surface area contributed by atoms with Crippen molar-refractivity contribution in [1.82, 2.24) is 4.72 Å². The SMILES string of the molecule is CCOc1ccc(CCNS(=O)(=O)c2cc3c(cc2Br)CCN3C(=O)C2CC2)cc1OCC. The Kier molecular flexibility index (Phi) is 7.31. The van der Waals surface area contributed by atoms with Gasteiger partial charge in [-0.05, 0) is 90.9 Å². The van der Waals surface area contributed by atoms with Crippen LogP contribution in [-0.2, 0) is 27.7 Å². The van der Waals surface area contributed by atoms with Crippen LogP contribution >= 0.6 is 15.9 Å². The van der Waals surface area contributed by atoms with Crippen molar-refractivity contribution in [2.45, 2.75) is 44.4 Å². The Labute approximate surface area is 203 Å². The maximum absolute atomic E-state index is 13.1. The summed E-state index contributed by atoms with van der Waals surface area (Å²) < 4.78 is 40.6. The summed E-state index contributed by atoms with van der Waals surface area (Å²) >= 11 is 3.42. The topological polar surface area (TPSA) is 84.9 Å². The van der Waals surface area contributed by atoms with Crippen LogP contribution in [-0.4, -0.2) is 40.6 Å². The number of carbonyl (C=O) groups excluding carboxylic acids is 1. The third-order valence-corrected chi connectivity index (χ3v) is 8.24. The van der Waals surface area contributed by atoms with Crippen molar-refractivity contribution in [2.24, 2.45) is 5.92 Å². The minimum Gasteiger partial charge on any atom is -0.490 e. The number of ether oxygens (including phenoxy) is 2. The summed E-state index contributed by atoms with van der Waals surface area (Å²) in [6.07, 6.45) is 3.08. The molecule has 9 heteroatoms. The molecule has 1 saturated carbocycles. The van der Waals surface area contributed by atoms with Gasteiger partial charge in [-0.15, -0.1) is 0 Å². The molecule has 2 aromatic carbocycles. The summed E-state index contributed by atoms with van der Waals surface area (Å²) in [6, 6.07) is 9.09. The first-order chi connectivity index (χ1) is 15.8. The summed E-state index contributed by atoms with van der Waals surface area (Å²) in [5.74, 6) is 1.53. The molecule has 178 valence electrons. The van der Waals surface area contributed by atoms with Crippen LogP contribution < -0.4 is 19.1 Å². The van der Waals surface area contributed by atoms with Gasteiger partial charge in [-0.25, -0.2) is 13.1 Å². The molecule has 2 aliphatic rings. The highest BCUT2D eigenvalue weighted by atomic mass is 79.9. The van der Waals surface area contributed by atoms with E-state index in [0.29, 0.717) is 47.8 Å². The number of halogens is 1. The first-order valence-corrected chi connectivity index (χ1v) is 13.6. The van der Waals surface area contributed by atoms with E-state index in [4.69, 9.17) is 9.47 Å². The lowest BCUT2D eigenvalue weighted by atomic mass is 10.1. The Morgan fingerprint density at radius 3 is 2.55 bits per heavy atom. The number of carbonyl (C=O) groups is 1. The van der Waals surface area contributed by atoms with Crippen molar-refractivity contribution in [2.75, 3.05) is 31.2 Å². The van der Waals surface area contributed by atoms with Gasteiger partial charge in [-0.2, -0.15) is 0 Å². The van der Waals surface area contributed by atoms with Gasteiger partial charge in [0.25, 0.3) is 0 Å². The molecule has 33 heavy (non-hydrogen) atoms. The van der Waals surface area contributed by atoms with Crippen LogP contribution in [0.5, 0.6) is 11.5 Å². The van der Waals surface area contributed by atoms with E-state index in [2.05, 4.69) is 20.7 Å². The van der Waals surface area contributed by atoms with E-state index in [0.717, 1.165) is 30.4 Å². The molecule has 0 aromatic heterocycles. The van der Waals surface area contributed by atoms with Gasteiger partial charge in [-0.3, -0.25) is 4.79 Å². The number of nitrogens with zero attached hydrogens (tertiary/aromatic N) is 1. The van der Waals surface area contributed by atoms with Crippen molar-refractivity contribution >= 4 is 37.5 Å². The minimum absolute atomic E-state index is 0.0912. The molecule has 1 heterocycles. The van der Waals surface area contributed by atoms with Crippen molar-refractivity contribution in [3.8, 4) is 11.5 Å². The van der Waals surface area contributed by atoms with E-state index in [1.165, 1.54) is 0 Å². The third kappa shape index (κ3) is 5.36. The molecular formula is C24H29BrN2O5S. The Morgan fingerprint density at radius 2 is 1.85 bits per heavy atom. The van der Waals surface area contributed by atoms with Gasteiger partial charge in [0.05, 0.1) is 18.1 Å². The maximum atomic E-state index is 13.1. The van der Waals surface area contributed by atoms with Gasteiger partial charge < -0.3 is 14.4 Å². The number of hydrogen-bond acceptors (Lipinski definition) is 5. The highest BCUT2D eigenvalue weighted by molar-refractivity contribution is 9.10. The summed E-state index contributed by atoms with van der Waals surface area (Å²) in [4.78, 5) is 14.5. The summed E-state index contributed by atoms with van der Waals surface area (Å²) in [7, 11) is -3.76. The van der Waals surface area contributed by atoms with Crippen molar-refractivity contribution in [1.29, 1.82) is 0 Å². The number of nitrogens with one attached hydrogen (secondary N) is 1. The fourth-order valence-electron chi connectivity index (χ4n) is 4.03. The first kappa shape index (κ1) is 24.0. The molecule has 1 aliphatic heterocycles. The number of amides is 1. The number of rotatable bonds is 10. The van der Waals surface area contributed by atoms with Crippen molar-refractivity contribution < 1.29 is 22.7 Å². The van der Waals surface area contributed by atoms with Crippen LogP contribution in [0.1, 0.15) is 37.8 Å². The Morgan fingerprint density at radius 1 is 1.12 bits per heavy atom. The molecule has 1 fully saturated rings. The first-order valence-electron chi connectivity index (χ1n) is 11.4. The lowest BCUT2D eigenvalue weighted by Gasteiger charge is -2.18. The van der Waals surface area contributed by atoms with Gasteiger partial charge in [0, 0.05) is 29.2 Å². The van der Waals surface area contributed by atoms with Gasteiger partial charge in [0.1, 0.15) is 0 Å². The smallest absolute Gasteiger partial charge is 0.241 e. The van der Waals surface area contributed by atoms with Crippen LogP contribution in [0.25, 0.3) is 0 Å². The average Bonchev–Trinajstić information content (AvgIpc) is 3.55. The minimum atomic E-state index is -3.76. The summed E-state index contributed by atoms with van der Waals surface area (Å²) in [5.41, 5.74) is 2.65. The molecule has 4 rings (SSSR count). The highest BCUT2D eigenvalue weighted by Crippen LogP contribution is 2.39. The second-order valence-corrected chi connectivity index (χ2v) is 10.8. The van der Waals surface area contributed by atoms with Gasteiger partial charge in [0.15, 0.2) is 11.5 Å². The van der Waals surface area contributed by atoms with Crippen molar-refractivity contribution in [3.63, 3.8) is 0 Å². The Hall–Kier alpha value is -2.10. The monoisotopic (exact) mass is 536 g/mol. The van der Waals surface area contributed by atoms with E-state index >= 15 is 0 Å². The number of hydrogen-bond donors (Lipinski definition) is 1. The fourth-order valence-corrected chi connectivity index (χ4v) is 6.17. The van der Waals surface area contributed by atoms with E-state index in [-0.39, 0.29) is 23.3 Å². The number of fused-ring (bicyclic) bond motifs is 1. The third-order valence-electron chi connectivity index (χ3n) is 5.82. The second kappa shape index (κ2) is 10.0. The van der Waals surface area contributed by atoms with Gasteiger partial charge >= 0.3 is 0 Å². The quantitative estimate of drug-likeness (QED) is 0.494. The molecule has 2 aromatic rings. The van der Waals surface area contributed by atoms with Gasteiger partial charge in [-0.1, -0.05) is 6.07 Å². The zero-order chi connectivity index (χ0) is 23.6. The summed E-state index contributed by atoms with van der Waals surface area (Å²) in [5, 5.41) is 0. The molecule has 0 atom stereocenters. The predicted molar refractivity (Wildman–Crippen MR) is 131 cm³/mol. The average molecular weight is 537 g/mol. The zero-order valence-corrected chi connectivity index (χ0v) is 21.3. The lowest BCUT2D eigenvalue weighted by Crippen LogP contribution is -2.30. The molecule has 0 spiro atoms. The van der Waals surface area contributed by atoms with Crippen molar-refractivity contribution in [3.05, 3.63) is 45.9 Å². The lowest BCUT2D eigenvalue weighted by molar-refractivity contribution is -0.119. The fraction of sp³-hybridized carbons (Fsp3) is 0.458. The molecule has 7 nitrogen and oxygen atoms in total. The van der Waals surface area contributed by atoms with Gasteiger partial charge in [0.2, 0.25) is 15.9 Å². The number of sulfonamides is 1. The van der Waals surface area contributed by atoms with Crippen LogP contribution in [0.2, 0.25) is 0 Å². The normalized spacial score (nSPS) is 15.4. The van der Waals surface area contributed by atoms with E-state index in [1.54, 1.807) is 11.0 Å². The zero-order valence-electron chi connectivity index (χ0n) is 18.9. The molecule has 1 aliphatic carbocycles. The highest BCUT2D eigenvalue weighted by Gasteiger charge is 2.37. The molecule has 1 amide bonds. The molecule has 0 radical (unpaired) electrons. The van der Waals surface area contributed by atoms with Crippen LogP contribution in [0.3, 0.4) is 0 Å². The Bertz CT molecular complexity index is 1150. The van der Waals surface area contributed by atoms with E-state index < -0.39 is 10.0 Å². The number of anilines is 1. The summed E-state index contributed by atoms with van der Waals surface area (Å²) in [6.45, 7) is 5.71. The molecular weight excluding hydrogens is 508 g/mol. The Balaban J connectivity index is 1.47.